The van der Waals surface area contributed by atoms with Crippen molar-refractivity contribution < 1.29 is 19.3 Å². The van der Waals surface area contributed by atoms with E-state index in [1.54, 1.807) is 20.3 Å². The molecule has 1 N–H and O–H groups in total. The average Bonchev–Trinajstić information content (AvgIpc) is 2.99. The average molecular weight is 280 g/mol. The molecule has 112 valence electrons. The summed E-state index contributed by atoms with van der Waals surface area (Å²) in [4.78, 5) is 0. The van der Waals surface area contributed by atoms with Gasteiger partial charge in [0.15, 0.2) is 0 Å². The van der Waals surface area contributed by atoms with Crippen LogP contribution in [0.1, 0.15) is 37.4 Å². The number of methoxy groups -OCH3 is 2. The van der Waals surface area contributed by atoms with E-state index in [-0.39, 0.29) is 0 Å². The van der Waals surface area contributed by atoms with E-state index in [0.717, 1.165) is 12.2 Å². The van der Waals surface area contributed by atoms with Crippen LogP contribution in [0.4, 0.5) is 0 Å². The molecule has 0 heterocycles. The van der Waals surface area contributed by atoms with E-state index < -0.39 is 6.10 Å². The molecule has 1 unspecified atom stereocenters. The Morgan fingerprint density at radius 2 is 1.95 bits per heavy atom. The van der Waals surface area contributed by atoms with Gasteiger partial charge in [0, 0.05) is 18.2 Å². The zero-order chi connectivity index (χ0) is 14.4. The molecular weight excluding hydrogens is 256 g/mol. The van der Waals surface area contributed by atoms with Crippen LogP contribution in [-0.2, 0) is 4.74 Å². The van der Waals surface area contributed by atoms with Crippen LogP contribution in [0.25, 0.3) is 0 Å². The number of hydrogen-bond acceptors (Lipinski definition) is 4. The number of aliphatic hydroxyl groups is 1. The molecule has 0 aliphatic heterocycles. The molecule has 1 fully saturated rings. The van der Waals surface area contributed by atoms with Crippen molar-refractivity contribution in [1.82, 2.24) is 0 Å². The number of hydrogen-bond donors (Lipinski definition) is 1. The lowest BCUT2D eigenvalue weighted by Crippen LogP contribution is -2.13. The highest BCUT2D eigenvalue weighted by atomic mass is 16.5. The Morgan fingerprint density at radius 1 is 1.20 bits per heavy atom. The molecule has 1 aromatic rings. The Bertz CT molecular complexity index is 413. The highest BCUT2D eigenvalue weighted by Gasteiger charge is 2.18. The van der Waals surface area contributed by atoms with E-state index in [1.807, 2.05) is 12.1 Å². The third kappa shape index (κ3) is 3.87. The Morgan fingerprint density at radius 3 is 2.60 bits per heavy atom. The third-order valence-corrected chi connectivity index (χ3v) is 3.90. The zero-order valence-electron chi connectivity index (χ0n) is 12.3. The van der Waals surface area contributed by atoms with Gasteiger partial charge in [-0.1, -0.05) is 12.8 Å². The van der Waals surface area contributed by atoms with Crippen LogP contribution in [0.15, 0.2) is 18.2 Å². The molecule has 20 heavy (non-hydrogen) atoms. The Balaban J connectivity index is 1.88. The summed E-state index contributed by atoms with van der Waals surface area (Å²) >= 11 is 0. The molecule has 4 nitrogen and oxygen atoms in total. The van der Waals surface area contributed by atoms with Gasteiger partial charge in [-0.05, 0) is 30.9 Å². The molecule has 1 aliphatic carbocycles. The smallest absolute Gasteiger partial charge is 0.128 e. The second kappa shape index (κ2) is 7.50. The quantitative estimate of drug-likeness (QED) is 0.834. The maximum Gasteiger partial charge on any atom is 0.128 e. The Hall–Kier alpha value is -1.26. The van der Waals surface area contributed by atoms with Crippen molar-refractivity contribution in [3.8, 4) is 11.5 Å². The van der Waals surface area contributed by atoms with Crippen LogP contribution in [-0.4, -0.2) is 32.5 Å². The van der Waals surface area contributed by atoms with Crippen molar-refractivity contribution >= 4 is 0 Å². The first kappa shape index (κ1) is 15.1. The molecule has 0 saturated heterocycles. The summed E-state index contributed by atoms with van der Waals surface area (Å²) < 4.78 is 16.1. The van der Waals surface area contributed by atoms with E-state index in [2.05, 4.69) is 0 Å². The second-order valence-electron chi connectivity index (χ2n) is 5.31. The van der Waals surface area contributed by atoms with Gasteiger partial charge in [0.05, 0.1) is 20.8 Å². The summed E-state index contributed by atoms with van der Waals surface area (Å²) in [5.41, 5.74) is 0.736. The Labute approximate surface area is 120 Å². The highest BCUT2D eigenvalue weighted by molar-refractivity contribution is 5.41. The van der Waals surface area contributed by atoms with Gasteiger partial charge in [0.1, 0.15) is 17.6 Å². The van der Waals surface area contributed by atoms with Crippen molar-refractivity contribution in [2.45, 2.75) is 31.8 Å². The predicted molar refractivity (Wildman–Crippen MR) is 77.3 cm³/mol. The first-order valence-corrected chi connectivity index (χ1v) is 7.22. The van der Waals surface area contributed by atoms with Gasteiger partial charge in [-0.3, -0.25) is 0 Å². The van der Waals surface area contributed by atoms with Crippen molar-refractivity contribution in [3.05, 3.63) is 23.8 Å². The van der Waals surface area contributed by atoms with Gasteiger partial charge >= 0.3 is 0 Å². The summed E-state index contributed by atoms with van der Waals surface area (Å²) in [5, 5.41) is 10.2. The fourth-order valence-electron chi connectivity index (χ4n) is 2.71. The van der Waals surface area contributed by atoms with Crippen LogP contribution in [0.3, 0.4) is 0 Å². The molecule has 1 aromatic carbocycles. The van der Waals surface area contributed by atoms with E-state index in [9.17, 15) is 5.11 Å². The van der Waals surface area contributed by atoms with Crippen LogP contribution < -0.4 is 9.47 Å². The molecule has 0 aromatic heterocycles. The van der Waals surface area contributed by atoms with Gasteiger partial charge in [-0.15, -0.1) is 0 Å². The van der Waals surface area contributed by atoms with E-state index in [4.69, 9.17) is 14.2 Å². The lowest BCUT2D eigenvalue weighted by Gasteiger charge is -2.17. The molecule has 2 rings (SSSR count). The number of ether oxygens (including phenoxy) is 3. The summed E-state index contributed by atoms with van der Waals surface area (Å²) in [6, 6.07) is 5.41. The fourth-order valence-corrected chi connectivity index (χ4v) is 2.71. The SMILES string of the molecule is COc1ccc(C(O)COCC2CCCC2)c(OC)c1. The maximum absolute atomic E-state index is 10.2. The molecule has 4 heteroatoms. The van der Waals surface area contributed by atoms with E-state index >= 15 is 0 Å². The maximum atomic E-state index is 10.2. The van der Waals surface area contributed by atoms with Crippen LogP contribution in [0.5, 0.6) is 11.5 Å². The van der Waals surface area contributed by atoms with Gasteiger partial charge in [-0.25, -0.2) is 0 Å². The van der Waals surface area contributed by atoms with E-state index in [0.29, 0.717) is 24.0 Å². The lowest BCUT2D eigenvalue weighted by atomic mass is 10.1. The van der Waals surface area contributed by atoms with Crippen molar-refractivity contribution in [2.75, 3.05) is 27.4 Å². The molecule has 1 aliphatic rings. The standard InChI is InChI=1S/C16H24O4/c1-18-13-7-8-14(16(9-13)19-2)15(17)11-20-10-12-5-3-4-6-12/h7-9,12,15,17H,3-6,10-11H2,1-2H3. The van der Waals surface area contributed by atoms with Crippen molar-refractivity contribution in [2.24, 2.45) is 5.92 Å². The van der Waals surface area contributed by atoms with Crippen LogP contribution in [0, 0.1) is 5.92 Å². The normalized spacial score (nSPS) is 17.1. The summed E-state index contributed by atoms with van der Waals surface area (Å²) in [6.45, 7) is 1.05. The highest BCUT2D eigenvalue weighted by Crippen LogP contribution is 2.30. The topological polar surface area (TPSA) is 47.9 Å². The number of aliphatic hydroxyl groups excluding tert-OH is 1. The van der Waals surface area contributed by atoms with Crippen molar-refractivity contribution in [1.29, 1.82) is 0 Å². The first-order chi connectivity index (χ1) is 9.74. The number of benzene rings is 1. The zero-order valence-corrected chi connectivity index (χ0v) is 12.3. The van der Waals surface area contributed by atoms with E-state index in [1.165, 1.54) is 25.7 Å². The summed E-state index contributed by atoms with van der Waals surface area (Å²) in [5.74, 6) is 2.01. The minimum atomic E-state index is -0.669. The monoisotopic (exact) mass is 280 g/mol. The number of rotatable bonds is 7. The largest absolute Gasteiger partial charge is 0.497 e. The molecule has 0 bridgehead atoms. The Kier molecular flexibility index (Phi) is 5.68. The molecule has 0 amide bonds. The fraction of sp³-hybridized carbons (Fsp3) is 0.625. The third-order valence-electron chi connectivity index (χ3n) is 3.90. The minimum Gasteiger partial charge on any atom is -0.497 e. The molecule has 1 saturated carbocycles. The van der Waals surface area contributed by atoms with Gasteiger partial charge < -0.3 is 19.3 Å². The predicted octanol–water partition coefficient (Wildman–Crippen LogP) is 2.94. The minimum absolute atomic E-state index is 0.305. The molecule has 1 atom stereocenters. The van der Waals surface area contributed by atoms with Gasteiger partial charge in [-0.2, -0.15) is 0 Å². The second-order valence-corrected chi connectivity index (χ2v) is 5.31. The van der Waals surface area contributed by atoms with Gasteiger partial charge in [0.2, 0.25) is 0 Å². The van der Waals surface area contributed by atoms with Crippen LogP contribution in [0.2, 0.25) is 0 Å². The molecule has 0 spiro atoms. The van der Waals surface area contributed by atoms with Gasteiger partial charge in [0.25, 0.3) is 0 Å². The first-order valence-electron chi connectivity index (χ1n) is 7.22. The summed E-state index contributed by atoms with van der Waals surface area (Å²) in [6.07, 6.45) is 4.45. The molecule has 0 radical (unpaired) electrons. The lowest BCUT2D eigenvalue weighted by molar-refractivity contribution is 0.0202. The molecular formula is C16H24O4. The van der Waals surface area contributed by atoms with Crippen LogP contribution >= 0.6 is 0 Å². The summed E-state index contributed by atoms with van der Waals surface area (Å²) in [7, 11) is 3.19. The van der Waals surface area contributed by atoms with Crippen molar-refractivity contribution in [3.63, 3.8) is 0 Å².